The summed E-state index contributed by atoms with van der Waals surface area (Å²) in [5, 5.41) is 8.70. The summed E-state index contributed by atoms with van der Waals surface area (Å²) in [6.07, 6.45) is 4.35. The predicted molar refractivity (Wildman–Crippen MR) is 105 cm³/mol. The van der Waals surface area contributed by atoms with Crippen LogP contribution in [0.3, 0.4) is 0 Å². The third-order valence-electron chi connectivity index (χ3n) is 4.79. The number of nitrogens with one attached hydrogen (secondary N) is 2. The van der Waals surface area contributed by atoms with Crippen LogP contribution in [0.1, 0.15) is 27.3 Å². The van der Waals surface area contributed by atoms with Crippen LogP contribution in [0, 0.1) is 13.8 Å². The number of aromatic nitrogens is 4. The number of carbonyl (C=O) groups is 1. The van der Waals surface area contributed by atoms with Gasteiger partial charge in [-0.1, -0.05) is 12.1 Å². The lowest BCUT2D eigenvalue weighted by atomic mass is 10.1. The Kier molecular flexibility index (Phi) is 4.46. The van der Waals surface area contributed by atoms with Crippen LogP contribution in [0.5, 0.6) is 0 Å². The molecule has 2 N–H and O–H groups in total. The molecule has 0 atom stereocenters. The van der Waals surface area contributed by atoms with E-state index >= 15 is 0 Å². The predicted octanol–water partition coefficient (Wildman–Crippen LogP) is 3.34. The number of fused-ring (bicyclic) bond motifs is 1. The molecule has 0 unspecified atom stereocenters. The van der Waals surface area contributed by atoms with Crippen LogP contribution in [0.2, 0.25) is 0 Å². The molecule has 3 aromatic heterocycles. The molecule has 27 heavy (non-hydrogen) atoms. The molecule has 0 spiro atoms. The van der Waals surface area contributed by atoms with Gasteiger partial charge in [0, 0.05) is 35.7 Å². The average Bonchev–Trinajstić information content (AvgIpc) is 3.27. The summed E-state index contributed by atoms with van der Waals surface area (Å²) in [7, 11) is 0. The lowest BCUT2D eigenvalue weighted by molar-refractivity contribution is 0.0954. The minimum Gasteiger partial charge on any atom is -0.361 e. The summed E-state index contributed by atoms with van der Waals surface area (Å²) in [6, 6.07) is 13.4. The Morgan fingerprint density at radius 3 is 2.89 bits per heavy atom. The molecule has 1 amide bonds. The number of hydrogen-bond acceptors (Lipinski definition) is 3. The molecule has 0 saturated heterocycles. The highest BCUT2D eigenvalue weighted by Gasteiger charge is 2.14. The van der Waals surface area contributed by atoms with Gasteiger partial charge in [0.1, 0.15) is 0 Å². The first kappa shape index (κ1) is 17.0. The second-order valence-corrected chi connectivity index (χ2v) is 6.53. The summed E-state index contributed by atoms with van der Waals surface area (Å²) < 4.78 is 1.85. The molecular formula is C21H21N5O. The van der Waals surface area contributed by atoms with Crippen molar-refractivity contribution in [1.82, 2.24) is 25.1 Å². The number of carbonyl (C=O) groups excluding carboxylic acids is 1. The Morgan fingerprint density at radius 2 is 2.07 bits per heavy atom. The number of hydrogen-bond donors (Lipinski definition) is 2. The van der Waals surface area contributed by atoms with Crippen LogP contribution in [-0.2, 0) is 6.42 Å². The summed E-state index contributed by atoms with van der Waals surface area (Å²) in [6.45, 7) is 4.57. The van der Waals surface area contributed by atoms with Crippen LogP contribution < -0.4 is 5.32 Å². The van der Waals surface area contributed by atoms with E-state index in [4.69, 9.17) is 0 Å². The molecule has 0 aliphatic heterocycles. The monoisotopic (exact) mass is 359 g/mol. The van der Waals surface area contributed by atoms with Gasteiger partial charge in [-0.2, -0.15) is 5.10 Å². The van der Waals surface area contributed by atoms with Crippen LogP contribution in [0.15, 0.2) is 54.9 Å². The lowest BCUT2D eigenvalue weighted by Crippen LogP contribution is -2.25. The van der Waals surface area contributed by atoms with E-state index < -0.39 is 0 Å². The van der Waals surface area contributed by atoms with Crippen molar-refractivity contribution in [3.05, 3.63) is 77.4 Å². The number of H-pyrrole nitrogens is 1. The first-order chi connectivity index (χ1) is 13.1. The molecule has 0 saturated carbocycles. The fourth-order valence-corrected chi connectivity index (χ4v) is 3.33. The van der Waals surface area contributed by atoms with E-state index in [1.165, 1.54) is 0 Å². The number of aryl methyl sites for hydroxylation is 1. The van der Waals surface area contributed by atoms with Crippen molar-refractivity contribution in [2.24, 2.45) is 0 Å². The van der Waals surface area contributed by atoms with Crippen LogP contribution in [0.4, 0.5) is 0 Å². The highest BCUT2D eigenvalue weighted by Crippen LogP contribution is 2.17. The van der Waals surface area contributed by atoms with Crippen LogP contribution in [-0.4, -0.2) is 32.2 Å². The quantitative estimate of drug-likeness (QED) is 0.574. The maximum absolute atomic E-state index is 12.4. The number of pyridine rings is 1. The average molecular weight is 359 g/mol. The second-order valence-electron chi connectivity index (χ2n) is 6.53. The molecule has 0 aliphatic rings. The summed E-state index contributed by atoms with van der Waals surface area (Å²) in [5.41, 5.74) is 4.77. The fourth-order valence-electron chi connectivity index (χ4n) is 3.33. The summed E-state index contributed by atoms with van der Waals surface area (Å²) in [5.74, 6) is 0.728. The smallest absolute Gasteiger partial charge is 0.251 e. The van der Waals surface area contributed by atoms with Gasteiger partial charge in [-0.05, 0) is 61.5 Å². The molecule has 0 fully saturated rings. The minimum atomic E-state index is -0.0704. The third kappa shape index (κ3) is 3.33. The van der Waals surface area contributed by atoms with E-state index in [9.17, 15) is 4.79 Å². The van der Waals surface area contributed by atoms with Crippen molar-refractivity contribution in [2.75, 3.05) is 6.54 Å². The fraction of sp³-hybridized carbons (Fsp3) is 0.190. The van der Waals surface area contributed by atoms with Gasteiger partial charge < -0.3 is 10.3 Å². The van der Waals surface area contributed by atoms with E-state index in [1.54, 1.807) is 6.20 Å². The molecule has 136 valence electrons. The molecule has 3 heterocycles. The van der Waals surface area contributed by atoms with E-state index in [0.29, 0.717) is 12.1 Å². The van der Waals surface area contributed by atoms with Crippen molar-refractivity contribution < 1.29 is 4.79 Å². The van der Waals surface area contributed by atoms with Gasteiger partial charge in [0.05, 0.1) is 5.69 Å². The number of rotatable bonds is 5. The zero-order valence-corrected chi connectivity index (χ0v) is 15.4. The van der Waals surface area contributed by atoms with Gasteiger partial charge >= 0.3 is 0 Å². The SMILES string of the molecule is Cc1nn(-c2ccccn2)c(C)c1CCNC(=O)c1ccc2cc[nH]c2c1. The normalized spacial score (nSPS) is 11.0. The van der Waals surface area contributed by atoms with Gasteiger partial charge in [0.25, 0.3) is 5.91 Å². The Labute approximate surface area is 157 Å². The number of amides is 1. The summed E-state index contributed by atoms with van der Waals surface area (Å²) in [4.78, 5) is 19.9. The molecular weight excluding hydrogens is 338 g/mol. The standard InChI is InChI=1S/C21H21N5O/c1-14-18(15(2)26(25-14)20-5-3-4-10-23-20)9-12-24-21(27)17-7-6-16-8-11-22-19(16)13-17/h3-8,10-11,13,22H,9,12H2,1-2H3,(H,24,27). The van der Waals surface area contributed by atoms with Gasteiger partial charge in [0.15, 0.2) is 5.82 Å². The van der Waals surface area contributed by atoms with Crippen molar-refractivity contribution in [3.63, 3.8) is 0 Å². The van der Waals surface area contributed by atoms with Crippen molar-refractivity contribution in [1.29, 1.82) is 0 Å². The summed E-state index contributed by atoms with van der Waals surface area (Å²) >= 11 is 0. The Hall–Kier alpha value is -3.41. The molecule has 6 nitrogen and oxygen atoms in total. The zero-order chi connectivity index (χ0) is 18.8. The lowest BCUT2D eigenvalue weighted by Gasteiger charge is -2.07. The molecule has 0 aliphatic carbocycles. The maximum Gasteiger partial charge on any atom is 0.251 e. The van der Waals surface area contributed by atoms with Crippen molar-refractivity contribution in [3.8, 4) is 5.82 Å². The van der Waals surface area contributed by atoms with E-state index in [2.05, 4.69) is 20.4 Å². The Balaban J connectivity index is 1.44. The topological polar surface area (TPSA) is 75.6 Å². The van der Waals surface area contributed by atoms with Gasteiger partial charge in [-0.25, -0.2) is 9.67 Å². The Morgan fingerprint density at radius 1 is 1.19 bits per heavy atom. The maximum atomic E-state index is 12.4. The van der Waals surface area contributed by atoms with Gasteiger partial charge in [-0.15, -0.1) is 0 Å². The minimum absolute atomic E-state index is 0.0704. The molecule has 6 heteroatoms. The first-order valence-electron chi connectivity index (χ1n) is 8.95. The van der Waals surface area contributed by atoms with Crippen molar-refractivity contribution >= 4 is 16.8 Å². The Bertz CT molecular complexity index is 1090. The highest BCUT2D eigenvalue weighted by atomic mass is 16.1. The molecule has 1 aromatic carbocycles. The van der Waals surface area contributed by atoms with E-state index in [0.717, 1.165) is 40.1 Å². The molecule has 0 radical (unpaired) electrons. The number of aromatic amines is 1. The van der Waals surface area contributed by atoms with Crippen molar-refractivity contribution in [2.45, 2.75) is 20.3 Å². The second kappa shape index (κ2) is 7.07. The number of benzene rings is 1. The van der Waals surface area contributed by atoms with E-state index in [1.807, 2.05) is 67.2 Å². The first-order valence-corrected chi connectivity index (χ1v) is 8.95. The third-order valence-corrected chi connectivity index (χ3v) is 4.79. The zero-order valence-electron chi connectivity index (χ0n) is 15.4. The van der Waals surface area contributed by atoms with Crippen LogP contribution in [0.25, 0.3) is 16.7 Å². The molecule has 4 rings (SSSR count). The van der Waals surface area contributed by atoms with Crippen LogP contribution >= 0.6 is 0 Å². The van der Waals surface area contributed by atoms with E-state index in [-0.39, 0.29) is 5.91 Å². The largest absolute Gasteiger partial charge is 0.361 e. The molecule has 0 bridgehead atoms. The molecule has 4 aromatic rings. The number of nitrogens with zero attached hydrogens (tertiary/aromatic N) is 3. The van der Waals surface area contributed by atoms with Gasteiger partial charge in [-0.3, -0.25) is 4.79 Å². The van der Waals surface area contributed by atoms with Gasteiger partial charge in [0.2, 0.25) is 0 Å². The highest BCUT2D eigenvalue weighted by molar-refractivity contribution is 5.97.